The molecule has 18 heavy (non-hydrogen) atoms. The highest BCUT2D eigenvalue weighted by atomic mass is 32.1. The molecule has 0 radical (unpaired) electrons. The number of aryl methyl sites for hydroxylation is 1. The van der Waals surface area contributed by atoms with Gasteiger partial charge in [0.15, 0.2) is 5.75 Å². The summed E-state index contributed by atoms with van der Waals surface area (Å²) in [6.45, 7) is 2.30. The summed E-state index contributed by atoms with van der Waals surface area (Å²) in [4.78, 5) is 15.3. The summed E-state index contributed by atoms with van der Waals surface area (Å²) in [6, 6.07) is 4.96. The number of ether oxygens (including phenoxy) is 1. The molecular formula is C12H12N2O3S. The van der Waals surface area contributed by atoms with Crippen molar-refractivity contribution < 1.29 is 9.66 Å². The van der Waals surface area contributed by atoms with Gasteiger partial charge < -0.3 is 4.74 Å². The largest absolute Gasteiger partial charge is 0.481 e. The molecule has 1 aromatic heterocycles. The number of benzene rings is 1. The summed E-state index contributed by atoms with van der Waals surface area (Å²) in [5, 5.41) is 10.9. The van der Waals surface area contributed by atoms with E-state index in [0.29, 0.717) is 12.4 Å². The van der Waals surface area contributed by atoms with E-state index in [4.69, 9.17) is 4.74 Å². The number of rotatable bonds is 5. The molecular weight excluding hydrogens is 252 g/mol. The van der Waals surface area contributed by atoms with Crippen molar-refractivity contribution in [2.75, 3.05) is 0 Å². The molecule has 0 saturated heterocycles. The topological polar surface area (TPSA) is 65.3 Å². The summed E-state index contributed by atoms with van der Waals surface area (Å²) in [6.07, 6.45) is 2.51. The van der Waals surface area contributed by atoms with E-state index in [1.165, 1.54) is 17.4 Å². The number of aromatic nitrogens is 1. The van der Waals surface area contributed by atoms with Crippen molar-refractivity contribution in [2.45, 2.75) is 20.0 Å². The van der Waals surface area contributed by atoms with Crippen molar-refractivity contribution >= 4 is 17.0 Å². The van der Waals surface area contributed by atoms with Gasteiger partial charge in [0, 0.05) is 12.3 Å². The molecule has 2 rings (SSSR count). The Hall–Kier alpha value is -1.95. The van der Waals surface area contributed by atoms with E-state index in [1.807, 2.05) is 6.92 Å². The molecule has 1 aromatic carbocycles. The monoisotopic (exact) mass is 264 g/mol. The van der Waals surface area contributed by atoms with Crippen molar-refractivity contribution in [2.24, 2.45) is 0 Å². The van der Waals surface area contributed by atoms with Crippen LogP contribution in [0.25, 0.3) is 0 Å². The van der Waals surface area contributed by atoms with Gasteiger partial charge in [-0.2, -0.15) is 0 Å². The van der Waals surface area contributed by atoms with Crippen LogP contribution in [0.1, 0.15) is 17.4 Å². The number of nitro benzene ring substituents is 1. The minimum atomic E-state index is -0.429. The van der Waals surface area contributed by atoms with Crippen molar-refractivity contribution in [1.29, 1.82) is 0 Å². The van der Waals surface area contributed by atoms with Gasteiger partial charge in [-0.15, -0.1) is 11.3 Å². The van der Waals surface area contributed by atoms with Crippen LogP contribution in [0.3, 0.4) is 0 Å². The van der Waals surface area contributed by atoms with Gasteiger partial charge in [-0.3, -0.25) is 15.1 Å². The highest BCUT2D eigenvalue weighted by Crippen LogP contribution is 2.29. The molecule has 5 nitrogen and oxygen atoms in total. The highest BCUT2D eigenvalue weighted by Gasteiger charge is 2.15. The van der Waals surface area contributed by atoms with Crippen LogP contribution < -0.4 is 4.74 Å². The van der Waals surface area contributed by atoms with Crippen LogP contribution >= 0.6 is 11.3 Å². The zero-order chi connectivity index (χ0) is 13.0. The number of nitrogens with zero attached hydrogens (tertiary/aromatic N) is 2. The third-order valence-electron chi connectivity index (χ3n) is 2.48. The standard InChI is InChI=1S/C12H12N2O3S/c1-2-9-3-4-11(14(15)16)12(5-9)17-7-10-6-13-8-18-10/h3-6,8H,2,7H2,1H3. The number of thiazole rings is 1. The molecule has 2 aromatic rings. The van der Waals surface area contributed by atoms with E-state index in [9.17, 15) is 10.1 Å². The van der Waals surface area contributed by atoms with Crippen LogP contribution in [0.4, 0.5) is 5.69 Å². The van der Waals surface area contributed by atoms with Gasteiger partial charge in [0.1, 0.15) is 6.61 Å². The Morgan fingerprint density at radius 2 is 2.33 bits per heavy atom. The maximum atomic E-state index is 10.9. The van der Waals surface area contributed by atoms with Crippen LogP contribution in [0.15, 0.2) is 29.9 Å². The molecule has 0 unspecified atom stereocenters. The highest BCUT2D eigenvalue weighted by molar-refractivity contribution is 7.09. The van der Waals surface area contributed by atoms with Crippen LogP contribution in [0, 0.1) is 10.1 Å². The summed E-state index contributed by atoms with van der Waals surface area (Å²) in [5.74, 6) is 0.313. The molecule has 0 atom stereocenters. The van der Waals surface area contributed by atoms with Crippen molar-refractivity contribution in [3.05, 3.63) is 50.5 Å². The van der Waals surface area contributed by atoms with Gasteiger partial charge in [0.05, 0.1) is 15.3 Å². The maximum Gasteiger partial charge on any atom is 0.310 e. The van der Waals surface area contributed by atoms with E-state index in [0.717, 1.165) is 16.9 Å². The lowest BCUT2D eigenvalue weighted by Crippen LogP contribution is -1.99. The predicted molar refractivity (Wildman–Crippen MR) is 68.9 cm³/mol. The first-order valence-corrected chi connectivity index (χ1v) is 6.36. The quantitative estimate of drug-likeness (QED) is 0.614. The Labute approximate surface area is 108 Å². The Morgan fingerprint density at radius 3 is 2.94 bits per heavy atom. The van der Waals surface area contributed by atoms with Gasteiger partial charge in [-0.05, 0) is 18.1 Å². The first kappa shape index (κ1) is 12.5. The average Bonchev–Trinajstić information content (AvgIpc) is 2.88. The minimum absolute atomic E-state index is 0.00304. The smallest absolute Gasteiger partial charge is 0.310 e. The summed E-state index contributed by atoms with van der Waals surface area (Å²) in [7, 11) is 0. The lowest BCUT2D eigenvalue weighted by Gasteiger charge is -2.06. The summed E-state index contributed by atoms with van der Waals surface area (Å²) < 4.78 is 5.51. The first-order valence-electron chi connectivity index (χ1n) is 5.48. The fourth-order valence-electron chi connectivity index (χ4n) is 1.51. The number of nitro groups is 1. The molecule has 0 aliphatic rings. The first-order chi connectivity index (χ1) is 8.70. The zero-order valence-electron chi connectivity index (χ0n) is 9.83. The SMILES string of the molecule is CCc1ccc([N+](=O)[O-])c(OCc2cncs2)c1. The average molecular weight is 264 g/mol. The van der Waals surface area contributed by atoms with E-state index in [2.05, 4.69) is 4.98 Å². The van der Waals surface area contributed by atoms with Crippen LogP contribution in [0.5, 0.6) is 5.75 Å². The van der Waals surface area contributed by atoms with Gasteiger partial charge in [-0.1, -0.05) is 13.0 Å². The third-order valence-corrected chi connectivity index (χ3v) is 3.24. The summed E-state index contributed by atoms with van der Waals surface area (Å²) >= 11 is 1.46. The Balaban J connectivity index is 2.20. The molecule has 0 aliphatic carbocycles. The molecule has 6 heteroatoms. The molecule has 0 aliphatic heterocycles. The van der Waals surface area contributed by atoms with Gasteiger partial charge in [-0.25, -0.2) is 0 Å². The second-order valence-corrected chi connectivity index (χ2v) is 4.64. The Kier molecular flexibility index (Phi) is 3.88. The van der Waals surface area contributed by atoms with Crippen molar-refractivity contribution in [1.82, 2.24) is 4.98 Å². The Bertz CT molecular complexity index is 540. The second kappa shape index (κ2) is 5.59. The van der Waals surface area contributed by atoms with E-state index < -0.39 is 4.92 Å². The Morgan fingerprint density at radius 1 is 1.50 bits per heavy atom. The van der Waals surface area contributed by atoms with Crippen molar-refractivity contribution in [3.63, 3.8) is 0 Å². The molecule has 0 bridgehead atoms. The summed E-state index contributed by atoms with van der Waals surface area (Å²) in [5.41, 5.74) is 2.71. The van der Waals surface area contributed by atoms with Gasteiger partial charge in [0.25, 0.3) is 0 Å². The zero-order valence-corrected chi connectivity index (χ0v) is 10.6. The minimum Gasteiger partial charge on any atom is -0.481 e. The predicted octanol–water partition coefficient (Wildman–Crippen LogP) is 3.19. The normalized spacial score (nSPS) is 10.3. The molecule has 0 fully saturated rings. The van der Waals surface area contributed by atoms with Gasteiger partial charge in [0.2, 0.25) is 0 Å². The van der Waals surface area contributed by atoms with Crippen LogP contribution in [-0.2, 0) is 13.0 Å². The van der Waals surface area contributed by atoms with E-state index >= 15 is 0 Å². The molecule has 94 valence electrons. The number of hydrogen-bond donors (Lipinski definition) is 0. The maximum absolute atomic E-state index is 10.9. The third kappa shape index (κ3) is 2.84. The van der Waals surface area contributed by atoms with Gasteiger partial charge >= 0.3 is 5.69 Å². The van der Waals surface area contributed by atoms with Crippen LogP contribution in [-0.4, -0.2) is 9.91 Å². The second-order valence-electron chi connectivity index (χ2n) is 3.67. The van der Waals surface area contributed by atoms with E-state index in [-0.39, 0.29) is 5.69 Å². The fraction of sp³-hybridized carbons (Fsp3) is 0.250. The number of hydrogen-bond acceptors (Lipinski definition) is 5. The van der Waals surface area contributed by atoms with Crippen molar-refractivity contribution in [3.8, 4) is 5.75 Å². The fourth-order valence-corrected chi connectivity index (χ4v) is 2.01. The molecule has 0 saturated carbocycles. The lowest BCUT2D eigenvalue weighted by atomic mass is 10.1. The molecule has 0 spiro atoms. The molecule has 0 N–H and O–H groups in total. The van der Waals surface area contributed by atoms with Crippen LogP contribution in [0.2, 0.25) is 0 Å². The molecule has 0 amide bonds. The molecule has 1 heterocycles. The lowest BCUT2D eigenvalue weighted by molar-refractivity contribution is -0.386. The van der Waals surface area contributed by atoms with E-state index in [1.54, 1.807) is 23.8 Å².